The highest BCUT2D eigenvalue weighted by Crippen LogP contribution is 2.42. The van der Waals surface area contributed by atoms with Crippen LogP contribution in [0.1, 0.15) is 19.3 Å². The van der Waals surface area contributed by atoms with Crippen LogP contribution in [0.2, 0.25) is 0 Å². The van der Waals surface area contributed by atoms with Crippen LogP contribution >= 0.6 is 0 Å². The van der Waals surface area contributed by atoms with E-state index in [2.05, 4.69) is 25.3 Å². The summed E-state index contributed by atoms with van der Waals surface area (Å²) in [5.41, 5.74) is 2.83. The van der Waals surface area contributed by atoms with Crippen molar-refractivity contribution in [1.82, 2.24) is 0 Å². The normalized spacial score (nSPS) is 31.7. The Morgan fingerprint density at radius 2 is 1.46 bits per heavy atom. The van der Waals surface area contributed by atoms with Gasteiger partial charge in [0.2, 0.25) is 0 Å². The first-order valence-corrected chi connectivity index (χ1v) is 5.01. The molecule has 1 fully saturated rings. The summed E-state index contributed by atoms with van der Waals surface area (Å²) in [6.07, 6.45) is 12.4. The quantitative estimate of drug-likeness (QED) is 0.596. The van der Waals surface area contributed by atoms with Crippen LogP contribution < -0.4 is 0 Å². The molecule has 0 aromatic carbocycles. The van der Waals surface area contributed by atoms with Gasteiger partial charge in [0.25, 0.3) is 0 Å². The van der Waals surface area contributed by atoms with Crippen molar-refractivity contribution in [2.45, 2.75) is 19.3 Å². The maximum absolute atomic E-state index is 3.87. The van der Waals surface area contributed by atoms with Gasteiger partial charge >= 0.3 is 0 Å². The zero-order chi connectivity index (χ0) is 9.26. The van der Waals surface area contributed by atoms with Gasteiger partial charge in [0.1, 0.15) is 0 Å². The Kier molecular flexibility index (Phi) is 2.22. The minimum atomic E-state index is 0.760. The van der Waals surface area contributed by atoms with Gasteiger partial charge in [-0.15, -0.1) is 0 Å². The van der Waals surface area contributed by atoms with Crippen molar-refractivity contribution in [2.24, 2.45) is 11.8 Å². The summed E-state index contributed by atoms with van der Waals surface area (Å²) in [4.78, 5) is 0. The van der Waals surface area contributed by atoms with Crippen LogP contribution in [-0.4, -0.2) is 0 Å². The lowest BCUT2D eigenvalue weighted by atomic mass is 9.96. The van der Waals surface area contributed by atoms with Crippen molar-refractivity contribution < 1.29 is 0 Å². The maximum Gasteiger partial charge on any atom is -0.0156 e. The molecule has 0 nitrogen and oxygen atoms in total. The molecule has 2 bridgehead atoms. The average Bonchev–Trinajstić information content (AvgIpc) is 2.51. The molecule has 2 aliphatic carbocycles. The van der Waals surface area contributed by atoms with E-state index in [9.17, 15) is 0 Å². The molecule has 68 valence electrons. The first-order chi connectivity index (χ1) is 6.35. The van der Waals surface area contributed by atoms with Crippen molar-refractivity contribution in [3.05, 3.63) is 48.6 Å². The van der Waals surface area contributed by atoms with Crippen molar-refractivity contribution in [3.63, 3.8) is 0 Å². The van der Waals surface area contributed by atoms with Gasteiger partial charge in [-0.2, -0.15) is 0 Å². The lowest BCUT2D eigenvalue weighted by Crippen LogP contribution is -1.97. The third-order valence-electron chi connectivity index (χ3n) is 3.32. The van der Waals surface area contributed by atoms with E-state index in [4.69, 9.17) is 0 Å². The number of fused-ring (bicyclic) bond motifs is 2. The van der Waals surface area contributed by atoms with Crippen LogP contribution in [0.3, 0.4) is 0 Å². The topological polar surface area (TPSA) is 0 Å². The third kappa shape index (κ3) is 1.41. The lowest BCUT2D eigenvalue weighted by molar-refractivity contribution is 0.614. The fourth-order valence-electron chi connectivity index (χ4n) is 2.52. The molecule has 1 saturated carbocycles. The molecule has 0 heteroatoms. The van der Waals surface area contributed by atoms with E-state index >= 15 is 0 Å². The maximum atomic E-state index is 3.87. The molecule has 0 aliphatic heterocycles. The fraction of sp³-hybridized carbons (Fsp3) is 0.385. The SMILES string of the molecule is C=CC1=CC=C(C=C)C2CCC1C2. The Balaban J connectivity index is 2.34. The first kappa shape index (κ1) is 8.55. The molecule has 0 saturated heterocycles. The molecule has 2 aliphatic rings. The summed E-state index contributed by atoms with van der Waals surface area (Å²) in [5.74, 6) is 1.52. The van der Waals surface area contributed by atoms with Gasteiger partial charge in [0.15, 0.2) is 0 Å². The summed E-state index contributed by atoms with van der Waals surface area (Å²) < 4.78 is 0. The molecular weight excluding hydrogens is 156 g/mol. The zero-order valence-corrected chi connectivity index (χ0v) is 8.00. The van der Waals surface area contributed by atoms with E-state index in [0.717, 1.165) is 11.8 Å². The molecule has 2 unspecified atom stereocenters. The molecule has 0 aromatic rings. The minimum absolute atomic E-state index is 0.760. The van der Waals surface area contributed by atoms with Crippen molar-refractivity contribution in [3.8, 4) is 0 Å². The number of rotatable bonds is 2. The smallest absolute Gasteiger partial charge is 0.0156 e. The summed E-state index contributed by atoms with van der Waals surface area (Å²) >= 11 is 0. The number of hydrogen-bond acceptors (Lipinski definition) is 0. The van der Waals surface area contributed by atoms with Crippen LogP contribution in [-0.2, 0) is 0 Å². The zero-order valence-electron chi connectivity index (χ0n) is 8.00. The summed E-state index contributed by atoms with van der Waals surface area (Å²) in [6, 6.07) is 0. The van der Waals surface area contributed by atoms with Crippen LogP contribution in [0.15, 0.2) is 48.6 Å². The average molecular weight is 172 g/mol. The summed E-state index contributed by atoms with van der Waals surface area (Å²) in [5, 5.41) is 0. The fourth-order valence-corrected chi connectivity index (χ4v) is 2.52. The molecule has 0 heterocycles. The van der Waals surface area contributed by atoms with Crippen molar-refractivity contribution >= 4 is 0 Å². The van der Waals surface area contributed by atoms with E-state index in [1.54, 1.807) is 0 Å². The van der Waals surface area contributed by atoms with Gasteiger partial charge < -0.3 is 0 Å². The highest BCUT2D eigenvalue weighted by atomic mass is 14.3. The molecular formula is C13H16. The van der Waals surface area contributed by atoms with Crippen LogP contribution in [0, 0.1) is 11.8 Å². The van der Waals surface area contributed by atoms with E-state index < -0.39 is 0 Å². The second kappa shape index (κ2) is 3.37. The van der Waals surface area contributed by atoms with Gasteiger partial charge in [0, 0.05) is 0 Å². The molecule has 13 heavy (non-hydrogen) atoms. The molecule has 0 spiro atoms. The highest BCUT2D eigenvalue weighted by molar-refractivity contribution is 5.36. The Morgan fingerprint density at radius 3 is 1.85 bits per heavy atom. The van der Waals surface area contributed by atoms with Gasteiger partial charge in [-0.05, 0) is 42.2 Å². The van der Waals surface area contributed by atoms with E-state index in [-0.39, 0.29) is 0 Å². The molecule has 0 radical (unpaired) electrons. The first-order valence-electron chi connectivity index (χ1n) is 5.01. The number of hydrogen-bond donors (Lipinski definition) is 0. The Bertz CT molecular complexity index is 261. The molecule has 0 aromatic heterocycles. The van der Waals surface area contributed by atoms with Crippen LogP contribution in [0.5, 0.6) is 0 Å². The number of allylic oxidation sites excluding steroid dienone is 6. The Morgan fingerprint density at radius 1 is 1.00 bits per heavy atom. The molecule has 2 atom stereocenters. The minimum Gasteiger partial charge on any atom is -0.0988 e. The van der Waals surface area contributed by atoms with Crippen LogP contribution in [0.4, 0.5) is 0 Å². The van der Waals surface area contributed by atoms with E-state index in [0.29, 0.717) is 0 Å². The van der Waals surface area contributed by atoms with E-state index in [1.807, 2.05) is 12.2 Å². The molecule has 0 amide bonds. The standard InChI is InChI=1S/C13H16/c1-3-10-5-6-11(4-2)13-8-7-12(10)9-13/h3-6,12-13H,1-2,7-9H2. The van der Waals surface area contributed by atoms with Crippen LogP contribution in [0.25, 0.3) is 0 Å². The highest BCUT2D eigenvalue weighted by Gasteiger charge is 2.28. The predicted molar refractivity (Wildman–Crippen MR) is 57.4 cm³/mol. The van der Waals surface area contributed by atoms with Gasteiger partial charge in [-0.25, -0.2) is 0 Å². The Hall–Kier alpha value is -1.04. The summed E-state index contributed by atoms with van der Waals surface area (Å²) in [7, 11) is 0. The van der Waals surface area contributed by atoms with E-state index in [1.165, 1.54) is 30.4 Å². The largest absolute Gasteiger partial charge is 0.0988 e. The molecule has 2 rings (SSSR count). The lowest BCUT2D eigenvalue weighted by Gasteiger charge is -2.08. The van der Waals surface area contributed by atoms with Gasteiger partial charge in [-0.1, -0.05) is 37.5 Å². The second-order valence-corrected chi connectivity index (χ2v) is 3.95. The third-order valence-corrected chi connectivity index (χ3v) is 3.32. The molecule has 0 N–H and O–H groups in total. The van der Waals surface area contributed by atoms with Crippen molar-refractivity contribution in [1.29, 1.82) is 0 Å². The monoisotopic (exact) mass is 172 g/mol. The van der Waals surface area contributed by atoms with Gasteiger partial charge in [-0.3, -0.25) is 0 Å². The second-order valence-electron chi connectivity index (χ2n) is 3.95. The van der Waals surface area contributed by atoms with Crippen molar-refractivity contribution in [2.75, 3.05) is 0 Å². The summed E-state index contributed by atoms with van der Waals surface area (Å²) in [6.45, 7) is 7.74. The van der Waals surface area contributed by atoms with Gasteiger partial charge in [0.05, 0.1) is 0 Å². The predicted octanol–water partition coefficient (Wildman–Crippen LogP) is 3.64. The Labute approximate surface area is 80.3 Å².